The van der Waals surface area contributed by atoms with E-state index in [0.717, 1.165) is 99.3 Å². The number of anilines is 1. The highest BCUT2D eigenvalue weighted by molar-refractivity contribution is 6.09. The summed E-state index contributed by atoms with van der Waals surface area (Å²) in [6.45, 7) is 3.69. The van der Waals surface area contributed by atoms with Gasteiger partial charge < -0.3 is 23.8 Å². The van der Waals surface area contributed by atoms with Crippen LogP contribution in [0.25, 0.3) is 0 Å². The van der Waals surface area contributed by atoms with Gasteiger partial charge >= 0.3 is 5.97 Å². The monoisotopic (exact) mass is 652 g/mol. The highest BCUT2D eigenvalue weighted by Gasteiger charge is 2.61. The van der Waals surface area contributed by atoms with Crippen molar-refractivity contribution in [2.75, 3.05) is 45.4 Å². The van der Waals surface area contributed by atoms with Crippen molar-refractivity contribution in [3.63, 3.8) is 0 Å². The van der Waals surface area contributed by atoms with Gasteiger partial charge in [0.2, 0.25) is 5.91 Å². The maximum atomic E-state index is 14.4. The van der Waals surface area contributed by atoms with Gasteiger partial charge in [0, 0.05) is 18.3 Å². The average Bonchev–Trinajstić information content (AvgIpc) is 3.63. The zero-order valence-corrected chi connectivity index (χ0v) is 28.3. The minimum Gasteiger partial charge on any atom is -0.504 e. The van der Waals surface area contributed by atoms with E-state index in [0.29, 0.717) is 18.8 Å². The summed E-state index contributed by atoms with van der Waals surface area (Å²) in [7, 11) is 2.96. The van der Waals surface area contributed by atoms with Crippen LogP contribution in [-0.2, 0) is 31.1 Å². The molecule has 0 aliphatic carbocycles. The van der Waals surface area contributed by atoms with Gasteiger partial charge in [-0.1, -0.05) is 67.8 Å². The highest BCUT2D eigenvalue weighted by Crippen LogP contribution is 2.54. The summed E-state index contributed by atoms with van der Waals surface area (Å²) in [5, 5.41) is 0. The van der Waals surface area contributed by atoms with E-state index in [4.69, 9.17) is 18.9 Å². The predicted molar refractivity (Wildman–Crippen MR) is 186 cm³/mol. The number of rotatable bonds is 15. The summed E-state index contributed by atoms with van der Waals surface area (Å²) in [5.74, 6) is 1.54. The SMILES string of the molecule is CO/C=C(/C(=O)OC)[C@@H]1CCN2CC[C@]3(C(=O)N(CCCCCCCOc4ccc(OCc5ccccc5)cc4)c4ccccc43)[C@@H]2C1. The molecule has 254 valence electrons. The van der Waals surface area contributed by atoms with E-state index in [1.165, 1.54) is 13.4 Å². The number of piperidine rings is 1. The number of fused-ring (bicyclic) bond motifs is 4. The molecule has 8 heteroatoms. The molecular formula is C40H48N2O6. The van der Waals surface area contributed by atoms with Gasteiger partial charge in [0.25, 0.3) is 0 Å². The van der Waals surface area contributed by atoms with Crippen LogP contribution in [0.2, 0.25) is 0 Å². The standard InChI is InChI=1S/C40H48N2O6/c1-45-29-34(38(43)46-2)31-21-24-41-25-22-40(37(41)27-31)35-15-9-10-16-36(35)42(39(40)44)23-11-4-3-5-12-26-47-32-17-19-33(20-18-32)48-28-30-13-7-6-8-14-30/h6-10,13-20,29,31,37H,3-5,11-12,21-28H2,1-2H3/b34-29+/t31-,37+,40-/m1/s1. The molecule has 8 nitrogen and oxygen atoms in total. The summed E-state index contributed by atoms with van der Waals surface area (Å²) in [4.78, 5) is 31.6. The van der Waals surface area contributed by atoms with Crippen LogP contribution in [0.1, 0.15) is 62.5 Å². The first-order valence-electron chi connectivity index (χ1n) is 17.4. The topological polar surface area (TPSA) is 77.5 Å². The molecule has 48 heavy (non-hydrogen) atoms. The molecular weight excluding hydrogens is 604 g/mol. The number of unbranched alkanes of at least 4 members (excludes halogenated alkanes) is 4. The number of benzene rings is 3. The van der Waals surface area contributed by atoms with E-state index in [1.807, 2.05) is 53.4 Å². The molecule has 0 bridgehead atoms. The lowest BCUT2D eigenvalue weighted by Gasteiger charge is -2.41. The molecule has 6 rings (SSSR count). The molecule has 3 aliphatic rings. The lowest BCUT2D eigenvalue weighted by molar-refractivity contribution is -0.137. The Morgan fingerprint density at radius 1 is 0.854 bits per heavy atom. The molecule has 3 atom stereocenters. The third kappa shape index (κ3) is 7.09. The van der Waals surface area contributed by atoms with Gasteiger partial charge in [0.15, 0.2) is 0 Å². The van der Waals surface area contributed by atoms with E-state index in [2.05, 4.69) is 35.2 Å². The van der Waals surface area contributed by atoms with Crippen LogP contribution in [0.4, 0.5) is 5.69 Å². The molecule has 0 N–H and O–H groups in total. The number of nitrogens with zero attached hydrogens (tertiary/aromatic N) is 2. The van der Waals surface area contributed by atoms with Gasteiger partial charge in [-0.3, -0.25) is 9.69 Å². The smallest absolute Gasteiger partial charge is 0.337 e. The van der Waals surface area contributed by atoms with Gasteiger partial charge in [-0.05, 0) is 92.6 Å². The van der Waals surface area contributed by atoms with Gasteiger partial charge in [-0.25, -0.2) is 4.79 Å². The Kier molecular flexibility index (Phi) is 11.0. The zero-order chi connectivity index (χ0) is 33.3. The molecule has 0 radical (unpaired) electrons. The van der Waals surface area contributed by atoms with Gasteiger partial charge in [0.1, 0.15) is 18.1 Å². The Morgan fingerprint density at radius 2 is 1.56 bits per heavy atom. The number of carbonyl (C=O) groups is 2. The van der Waals surface area contributed by atoms with Crippen LogP contribution >= 0.6 is 0 Å². The predicted octanol–water partition coefficient (Wildman–Crippen LogP) is 7.07. The number of hydrogen-bond acceptors (Lipinski definition) is 7. The number of para-hydroxylation sites is 1. The van der Waals surface area contributed by atoms with Crippen molar-refractivity contribution in [3.8, 4) is 11.5 Å². The fourth-order valence-corrected chi connectivity index (χ4v) is 7.92. The van der Waals surface area contributed by atoms with Crippen molar-refractivity contribution in [1.29, 1.82) is 0 Å². The second kappa shape index (κ2) is 15.7. The van der Waals surface area contributed by atoms with E-state index < -0.39 is 5.41 Å². The number of hydrogen-bond donors (Lipinski definition) is 0. The van der Waals surface area contributed by atoms with Crippen molar-refractivity contribution in [2.24, 2.45) is 5.92 Å². The minimum atomic E-state index is -0.576. The number of esters is 1. The Bertz CT molecular complexity index is 1560. The van der Waals surface area contributed by atoms with Gasteiger partial charge in [-0.15, -0.1) is 0 Å². The average molecular weight is 653 g/mol. The molecule has 2 fully saturated rings. The largest absolute Gasteiger partial charge is 0.504 e. The van der Waals surface area contributed by atoms with Crippen molar-refractivity contribution >= 4 is 17.6 Å². The fraction of sp³-hybridized carbons (Fsp3) is 0.450. The summed E-state index contributed by atoms with van der Waals surface area (Å²) in [6.07, 6.45) is 9.11. The quantitative estimate of drug-likeness (QED) is 0.0753. The number of amides is 1. The Labute approximate surface area is 284 Å². The normalized spacial score (nSPS) is 22.0. The Hall–Kier alpha value is -4.30. The Morgan fingerprint density at radius 3 is 2.33 bits per heavy atom. The van der Waals surface area contributed by atoms with Gasteiger partial charge in [-0.2, -0.15) is 0 Å². The van der Waals surface area contributed by atoms with Crippen LogP contribution < -0.4 is 14.4 Å². The van der Waals surface area contributed by atoms with E-state index >= 15 is 0 Å². The minimum absolute atomic E-state index is 0.00933. The molecule has 3 aromatic rings. The second-order valence-corrected chi connectivity index (χ2v) is 13.1. The molecule has 3 aliphatic heterocycles. The molecule has 2 saturated heterocycles. The molecule has 0 saturated carbocycles. The van der Waals surface area contributed by atoms with Gasteiger partial charge in [0.05, 0.1) is 38.1 Å². The second-order valence-electron chi connectivity index (χ2n) is 13.1. The third-order valence-corrected chi connectivity index (χ3v) is 10.4. The summed E-state index contributed by atoms with van der Waals surface area (Å²) >= 11 is 0. The highest BCUT2D eigenvalue weighted by atomic mass is 16.5. The maximum Gasteiger partial charge on any atom is 0.337 e. The Balaban J connectivity index is 0.967. The first kappa shape index (κ1) is 33.6. The van der Waals surface area contributed by atoms with Crippen LogP contribution in [0, 0.1) is 5.92 Å². The van der Waals surface area contributed by atoms with Crippen molar-refractivity contribution in [2.45, 2.75) is 69.4 Å². The van der Waals surface area contributed by atoms with Crippen LogP contribution in [0.15, 0.2) is 90.7 Å². The lowest BCUT2D eigenvalue weighted by atomic mass is 9.70. The number of methoxy groups -OCH3 is 2. The molecule has 3 aromatic carbocycles. The van der Waals surface area contributed by atoms with Crippen LogP contribution in [0.5, 0.6) is 11.5 Å². The van der Waals surface area contributed by atoms with Crippen LogP contribution in [-0.4, -0.2) is 63.3 Å². The molecule has 3 heterocycles. The molecule has 0 aromatic heterocycles. The van der Waals surface area contributed by atoms with Crippen molar-refractivity contribution < 1.29 is 28.5 Å². The first-order valence-corrected chi connectivity index (χ1v) is 17.4. The molecule has 0 unspecified atom stereocenters. The van der Waals surface area contributed by atoms with E-state index in [1.54, 1.807) is 7.11 Å². The zero-order valence-electron chi connectivity index (χ0n) is 28.3. The van der Waals surface area contributed by atoms with Crippen molar-refractivity contribution in [3.05, 3.63) is 102 Å². The molecule has 1 amide bonds. The maximum absolute atomic E-state index is 14.4. The lowest BCUT2D eigenvalue weighted by Crippen LogP contribution is -2.52. The van der Waals surface area contributed by atoms with Crippen molar-refractivity contribution in [1.82, 2.24) is 4.90 Å². The van der Waals surface area contributed by atoms with E-state index in [9.17, 15) is 9.59 Å². The fourth-order valence-electron chi connectivity index (χ4n) is 7.92. The van der Waals surface area contributed by atoms with E-state index in [-0.39, 0.29) is 23.8 Å². The van der Waals surface area contributed by atoms with Crippen LogP contribution in [0.3, 0.4) is 0 Å². The summed E-state index contributed by atoms with van der Waals surface area (Å²) in [5.41, 5.74) is 3.32. The third-order valence-electron chi connectivity index (χ3n) is 10.4. The molecule has 1 spiro atoms. The first-order chi connectivity index (χ1) is 23.5. The summed E-state index contributed by atoms with van der Waals surface area (Å²) in [6, 6.07) is 26.4. The number of ether oxygens (including phenoxy) is 4. The summed E-state index contributed by atoms with van der Waals surface area (Å²) < 4.78 is 22.2. The number of carbonyl (C=O) groups excluding carboxylic acids is 2.